The Morgan fingerprint density at radius 2 is 1.53 bits per heavy atom. The molecule has 0 saturated carbocycles. The lowest BCUT2D eigenvalue weighted by atomic mass is 9.89. The van der Waals surface area contributed by atoms with Gasteiger partial charge < -0.3 is 14.2 Å². The molecule has 3 aromatic rings. The van der Waals surface area contributed by atoms with Crippen molar-refractivity contribution in [1.82, 2.24) is 0 Å². The number of carbonyl (C=O) groups excluding carboxylic acids is 2. The molecule has 0 N–H and O–H groups in total. The zero-order valence-corrected chi connectivity index (χ0v) is 20.8. The SMILES string of the molecule is COc1ccc(C2C3C(=O)N(c4ccc(C)cc4C)C(=O)C3ON2c2ccccc2)c(OC)c1OC. The van der Waals surface area contributed by atoms with Crippen molar-refractivity contribution in [3.8, 4) is 17.2 Å². The molecule has 5 rings (SSSR count). The van der Waals surface area contributed by atoms with E-state index < -0.39 is 18.1 Å². The molecule has 0 bridgehead atoms. The third kappa shape index (κ3) is 3.56. The standard InChI is InChI=1S/C28H28N2O6/c1-16-11-13-20(17(2)15-16)29-27(31)22-23(19-12-14-21(33-3)25(35-5)24(19)34-4)30(36-26(22)28(29)32)18-9-7-6-8-10-18/h6-15,22-23,26H,1-5H3. The van der Waals surface area contributed by atoms with E-state index in [9.17, 15) is 9.59 Å². The fourth-order valence-electron chi connectivity index (χ4n) is 5.18. The van der Waals surface area contributed by atoms with Crippen LogP contribution in [0.1, 0.15) is 22.7 Å². The highest BCUT2D eigenvalue weighted by molar-refractivity contribution is 6.24. The highest BCUT2D eigenvalue weighted by Crippen LogP contribution is 2.52. The molecule has 2 saturated heterocycles. The fraction of sp³-hybridized carbons (Fsp3) is 0.286. The summed E-state index contributed by atoms with van der Waals surface area (Å²) in [4.78, 5) is 35.1. The number of imide groups is 1. The van der Waals surface area contributed by atoms with Crippen LogP contribution in [0.15, 0.2) is 60.7 Å². The van der Waals surface area contributed by atoms with E-state index in [0.717, 1.165) is 11.1 Å². The minimum absolute atomic E-state index is 0.322. The number of rotatable bonds is 6. The van der Waals surface area contributed by atoms with E-state index >= 15 is 0 Å². The molecule has 8 nitrogen and oxygen atoms in total. The van der Waals surface area contributed by atoms with E-state index in [-0.39, 0.29) is 11.8 Å². The van der Waals surface area contributed by atoms with E-state index in [1.807, 2.05) is 68.4 Å². The number of methoxy groups -OCH3 is 3. The second-order valence-electron chi connectivity index (χ2n) is 8.88. The zero-order valence-electron chi connectivity index (χ0n) is 20.8. The minimum Gasteiger partial charge on any atom is -0.493 e. The first-order valence-corrected chi connectivity index (χ1v) is 11.7. The Labute approximate surface area is 209 Å². The van der Waals surface area contributed by atoms with Gasteiger partial charge in [0, 0.05) is 5.56 Å². The Morgan fingerprint density at radius 3 is 2.17 bits per heavy atom. The number of hydroxylamine groups is 1. The van der Waals surface area contributed by atoms with Crippen molar-refractivity contribution >= 4 is 23.2 Å². The van der Waals surface area contributed by atoms with Gasteiger partial charge in [0.05, 0.1) is 32.7 Å². The van der Waals surface area contributed by atoms with E-state index in [0.29, 0.717) is 34.2 Å². The van der Waals surface area contributed by atoms with Crippen molar-refractivity contribution in [2.24, 2.45) is 5.92 Å². The number of amides is 2. The van der Waals surface area contributed by atoms with Crippen LogP contribution in [0.2, 0.25) is 0 Å². The van der Waals surface area contributed by atoms with Crippen LogP contribution in [0.25, 0.3) is 0 Å². The first-order valence-electron chi connectivity index (χ1n) is 11.7. The summed E-state index contributed by atoms with van der Waals surface area (Å²) in [6, 6.07) is 18.0. The van der Waals surface area contributed by atoms with Crippen LogP contribution in [0.4, 0.5) is 11.4 Å². The number of para-hydroxylation sites is 1. The smallest absolute Gasteiger partial charge is 0.266 e. The molecule has 2 heterocycles. The number of carbonyl (C=O) groups is 2. The molecule has 0 aromatic heterocycles. The minimum atomic E-state index is -0.985. The van der Waals surface area contributed by atoms with Gasteiger partial charge in [0.1, 0.15) is 12.0 Å². The fourth-order valence-corrected chi connectivity index (χ4v) is 5.18. The largest absolute Gasteiger partial charge is 0.493 e. The van der Waals surface area contributed by atoms with Gasteiger partial charge in [-0.05, 0) is 49.7 Å². The predicted octanol–water partition coefficient (Wildman–Crippen LogP) is 4.38. The third-order valence-electron chi connectivity index (χ3n) is 6.77. The van der Waals surface area contributed by atoms with Gasteiger partial charge in [-0.25, -0.2) is 9.96 Å². The predicted molar refractivity (Wildman–Crippen MR) is 135 cm³/mol. The topological polar surface area (TPSA) is 77.5 Å². The summed E-state index contributed by atoms with van der Waals surface area (Å²) in [7, 11) is 4.60. The second kappa shape index (κ2) is 9.20. The number of hydrogen-bond acceptors (Lipinski definition) is 7. The molecule has 8 heteroatoms. The molecule has 186 valence electrons. The van der Waals surface area contributed by atoms with Crippen molar-refractivity contribution in [3.63, 3.8) is 0 Å². The van der Waals surface area contributed by atoms with E-state index in [4.69, 9.17) is 19.0 Å². The van der Waals surface area contributed by atoms with Crippen LogP contribution in [0.5, 0.6) is 17.2 Å². The van der Waals surface area contributed by atoms with Crippen LogP contribution in [0, 0.1) is 19.8 Å². The lowest BCUT2D eigenvalue weighted by molar-refractivity contribution is -0.126. The number of benzene rings is 3. The number of aryl methyl sites for hydroxylation is 2. The van der Waals surface area contributed by atoms with Gasteiger partial charge in [0.15, 0.2) is 17.6 Å². The maximum atomic E-state index is 14.0. The van der Waals surface area contributed by atoms with E-state index in [1.54, 1.807) is 18.2 Å². The van der Waals surface area contributed by atoms with Crippen LogP contribution < -0.4 is 24.2 Å². The van der Waals surface area contributed by atoms with Crippen molar-refractivity contribution < 1.29 is 28.6 Å². The Kier molecular flexibility index (Phi) is 6.05. The molecule has 0 aliphatic carbocycles. The molecule has 36 heavy (non-hydrogen) atoms. The normalized spacial score (nSPS) is 21.1. The Bertz CT molecular complexity index is 1330. The van der Waals surface area contributed by atoms with Crippen LogP contribution >= 0.6 is 0 Å². The van der Waals surface area contributed by atoms with E-state index in [2.05, 4.69) is 0 Å². The molecule has 2 amide bonds. The number of nitrogens with zero attached hydrogens (tertiary/aromatic N) is 2. The molecule has 3 aromatic carbocycles. The first-order chi connectivity index (χ1) is 17.4. The Hall–Kier alpha value is -4.04. The number of fused-ring (bicyclic) bond motifs is 1. The lowest BCUT2D eigenvalue weighted by Gasteiger charge is -2.30. The molecule has 3 atom stereocenters. The van der Waals surface area contributed by atoms with Crippen LogP contribution in [0.3, 0.4) is 0 Å². The molecule has 2 aliphatic heterocycles. The van der Waals surface area contributed by atoms with Gasteiger partial charge in [0.25, 0.3) is 5.91 Å². The van der Waals surface area contributed by atoms with Crippen molar-refractivity contribution in [2.45, 2.75) is 26.0 Å². The van der Waals surface area contributed by atoms with Crippen LogP contribution in [-0.2, 0) is 14.4 Å². The molecular weight excluding hydrogens is 460 g/mol. The summed E-state index contributed by atoms with van der Waals surface area (Å²) < 4.78 is 16.8. The summed E-state index contributed by atoms with van der Waals surface area (Å²) in [6.07, 6.45) is -0.985. The molecule has 2 fully saturated rings. The number of hydrogen-bond donors (Lipinski definition) is 0. The molecular formula is C28H28N2O6. The van der Waals surface area contributed by atoms with Crippen molar-refractivity contribution in [1.29, 1.82) is 0 Å². The summed E-state index contributed by atoms with van der Waals surface area (Å²) >= 11 is 0. The van der Waals surface area contributed by atoms with Crippen molar-refractivity contribution in [3.05, 3.63) is 77.4 Å². The maximum absolute atomic E-state index is 14.0. The first kappa shape index (κ1) is 23.7. The van der Waals surface area contributed by atoms with Gasteiger partial charge >= 0.3 is 0 Å². The molecule has 3 unspecified atom stereocenters. The summed E-state index contributed by atoms with van der Waals surface area (Å²) in [5.41, 5.74) is 3.83. The Balaban J connectivity index is 1.67. The van der Waals surface area contributed by atoms with Gasteiger partial charge in [-0.15, -0.1) is 0 Å². The second-order valence-corrected chi connectivity index (χ2v) is 8.88. The zero-order chi connectivity index (χ0) is 25.6. The summed E-state index contributed by atoms with van der Waals surface area (Å²) in [5, 5.41) is 1.63. The van der Waals surface area contributed by atoms with E-state index in [1.165, 1.54) is 19.1 Å². The number of ether oxygens (including phenoxy) is 3. The van der Waals surface area contributed by atoms with Crippen molar-refractivity contribution in [2.75, 3.05) is 31.3 Å². The average molecular weight is 489 g/mol. The quantitative estimate of drug-likeness (QED) is 0.477. The molecule has 0 radical (unpaired) electrons. The van der Waals surface area contributed by atoms with Gasteiger partial charge in [0.2, 0.25) is 11.7 Å². The van der Waals surface area contributed by atoms with Crippen LogP contribution in [-0.4, -0.2) is 39.2 Å². The summed E-state index contributed by atoms with van der Waals surface area (Å²) in [6.45, 7) is 3.86. The monoisotopic (exact) mass is 488 g/mol. The lowest BCUT2D eigenvalue weighted by Crippen LogP contribution is -2.37. The summed E-state index contributed by atoms with van der Waals surface area (Å²) in [5.74, 6) is -0.206. The van der Waals surface area contributed by atoms with Gasteiger partial charge in [-0.1, -0.05) is 35.9 Å². The third-order valence-corrected chi connectivity index (χ3v) is 6.77. The molecule has 0 spiro atoms. The Morgan fingerprint density at radius 1 is 0.806 bits per heavy atom. The highest BCUT2D eigenvalue weighted by Gasteiger charge is 2.61. The maximum Gasteiger partial charge on any atom is 0.266 e. The van der Waals surface area contributed by atoms with Gasteiger partial charge in [-0.2, -0.15) is 0 Å². The van der Waals surface area contributed by atoms with Gasteiger partial charge in [-0.3, -0.25) is 14.4 Å². The highest BCUT2D eigenvalue weighted by atomic mass is 16.7. The number of anilines is 2. The average Bonchev–Trinajstić information content (AvgIpc) is 3.39. The molecule has 2 aliphatic rings.